The fourth-order valence-electron chi connectivity index (χ4n) is 2.00. The summed E-state index contributed by atoms with van der Waals surface area (Å²) in [6, 6.07) is 11.2. The van der Waals surface area contributed by atoms with Gasteiger partial charge < -0.3 is 20.7 Å². The van der Waals surface area contributed by atoms with Gasteiger partial charge in [0, 0.05) is 36.6 Å². The van der Waals surface area contributed by atoms with E-state index < -0.39 is 11.3 Å². The molecule has 0 spiro atoms. The number of hydrogen-bond donors (Lipinski definition) is 3. The quantitative estimate of drug-likeness (QED) is 0.281. The summed E-state index contributed by atoms with van der Waals surface area (Å²) in [4.78, 5) is 10.1. The largest absolute Gasteiger partial charge is 0.573 e. The maximum absolute atomic E-state index is 12.1. The summed E-state index contributed by atoms with van der Waals surface area (Å²) in [5.74, 6) is -0.320. The summed E-state index contributed by atoms with van der Waals surface area (Å²) in [7, 11) is 0. The first-order valence-corrected chi connectivity index (χ1v) is 8.03. The van der Waals surface area contributed by atoms with Crippen LogP contribution in [0.15, 0.2) is 48.5 Å². The predicted octanol–water partition coefficient (Wildman–Crippen LogP) is 3.89. The molecule has 0 radical (unpaired) electrons. The summed E-state index contributed by atoms with van der Waals surface area (Å²) in [6.07, 6.45) is -4.73. The fraction of sp³-hybridized carbons (Fsp3) is 0.188. The van der Waals surface area contributed by atoms with E-state index in [0.717, 1.165) is 5.69 Å². The second-order valence-electron chi connectivity index (χ2n) is 5.18. The molecule has 3 N–H and O–H groups in total. The Bertz CT molecular complexity index is 783. The van der Waals surface area contributed by atoms with E-state index in [1.54, 1.807) is 12.1 Å². The molecule has 0 aliphatic rings. The van der Waals surface area contributed by atoms with Crippen LogP contribution in [0.2, 0.25) is 0 Å². The molecular weight excluding hydrogens is 385 g/mol. The van der Waals surface area contributed by atoms with Gasteiger partial charge >= 0.3 is 6.36 Å². The molecule has 2 aromatic rings. The van der Waals surface area contributed by atoms with E-state index in [4.69, 9.17) is 12.2 Å². The fourth-order valence-corrected chi connectivity index (χ4v) is 2.22. The number of nitrogens with one attached hydrogen (secondary N) is 3. The highest BCUT2D eigenvalue weighted by Crippen LogP contribution is 2.23. The zero-order valence-electron chi connectivity index (χ0n) is 13.7. The minimum absolute atomic E-state index is 0.00991. The molecule has 0 aromatic heterocycles. The second kappa shape index (κ2) is 9.03. The number of thiocarbonyl (C=S) groups is 1. The van der Waals surface area contributed by atoms with E-state index in [-0.39, 0.29) is 11.4 Å². The van der Waals surface area contributed by atoms with Crippen molar-refractivity contribution in [3.05, 3.63) is 58.6 Å². The van der Waals surface area contributed by atoms with E-state index in [0.29, 0.717) is 23.9 Å². The molecule has 27 heavy (non-hydrogen) atoms. The monoisotopic (exact) mass is 400 g/mol. The number of nitrogens with zero attached hydrogens (tertiary/aromatic N) is 1. The average Bonchev–Trinajstić information content (AvgIpc) is 2.59. The molecular formula is C16H15F3N4O3S. The van der Waals surface area contributed by atoms with Crippen LogP contribution in [0.4, 0.5) is 30.2 Å². The van der Waals surface area contributed by atoms with Gasteiger partial charge in [0.15, 0.2) is 5.11 Å². The van der Waals surface area contributed by atoms with Gasteiger partial charge in [-0.2, -0.15) is 0 Å². The molecule has 0 saturated carbocycles. The summed E-state index contributed by atoms with van der Waals surface area (Å²) in [5, 5.41) is 19.7. The van der Waals surface area contributed by atoms with Crippen LogP contribution in [-0.4, -0.2) is 29.5 Å². The van der Waals surface area contributed by atoms with Crippen molar-refractivity contribution in [1.82, 2.24) is 5.32 Å². The van der Waals surface area contributed by atoms with Crippen LogP contribution in [0.1, 0.15) is 0 Å². The average molecular weight is 400 g/mol. The molecule has 2 aromatic carbocycles. The van der Waals surface area contributed by atoms with Crippen molar-refractivity contribution in [3.8, 4) is 5.75 Å². The van der Waals surface area contributed by atoms with Gasteiger partial charge in [0.05, 0.1) is 4.92 Å². The Morgan fingerprint density at radius 1 is 1.04 bits per heavy atom. The van der Waals surface area contributed by atoms with Crippen LogP contribution in [0.5, 0.6) is 5.75 Å². The molecule has 7 nitrogen and oxygen atoms in total. The number of hydrogen-bond acceptors (Lipinski definition) is 5. The number of non-ortho nitro benzene ring substituents is 1. The number of ether oxygens (including phenoxy) is 1. The van der Waals surface area contributed by atoms with Gasteiger partial charge in [-0.15, -0.1) is 13.2 Å². The number of benzene rings is 2. The SMILES string of the molecule is O=[N+]([O-])c1ccc(NCCNC(=S)Nc2ccc(OC(F)(F)F)cc2)cc1. The Kier molecular flexibility index (Phi) is 6.77. The van der Waals surface area contributed by atoms with Crippen molar-refractivity contribution in [3.63, 3.8) is 0 Å². The molecule has 0 aliphatic carbocycles. The molecule has 144 valence electrons. The van der Waals surface area contributed by atoms with Gasteiger partial charge in [-0.1, -0.05) is 0 Å². The molecule has 0 heterocycles. The van der Waals surface area contributed by atoms with Gasteiger partial charge in [0.25, 0.3) is 5.69 Å². The Morgan fingerprint density at radius 3 is 2.19 bits per heavy atom. The standard InChI is InChI=1S/C16H15F3N4O3S/c17-16(18,19)26-14-7-3-12(4-8-14)22-15(27)21-10-9-20-11-1-5-13(6-2-11)23(24)25/h1-8,20H,9-10H2,(H2,21,22,27). The zero-order chi connectivity index (χ0) is 19.9. The lowest BCUT2D eigenvalue weighted by molar-refractivity contribution is -0.384. The highest BCUT2D eigenvalue weighted by Gasteiger charge is 2.30. The first-order chi connectivity index (χ1) is 12.7. The third-order valence-corrected chi connectivity index (χ3v) is 3.41. The zero-order valence-corrected chi connectivity index (χ0v) is 14.6. The van der Waals surface area contributed by atoms with Crippen LogP contribution < -0.4 is 20.7 Å². The summed E-state index contributed by atoms with van der Waals surface area (Å²) in [5.41, 5.74) is 1.24. The normalized spacial score (nSPS) is 10.8. The number of halogens is 3. The Balaban J connectivity index is 1.70. The van der Waals surface area contributed by atoms with Gasteiger partial charge in [-0.25, -0.2) is 0 Å². The van der Waals surface area contributed by atoms with E-state index in [1.807, 2.05) is 0 Å². The number of anilines is 2. The van der Waals surface area contributed by atoms with Gasteiger partial charge in [-0.05, 0) is 48.6 Å². The molecule has 0 fully saturated rings. The number of alkyl halides is 3. The van der Waals surface area contributed by atoms with Crippen molar-refractivity contribution in [2.75, 3.05) is 23.7 Å². The molecule has 11 heteroatoms. The molecule has 0 aliphatic heterocycles. The summed E-state index contributed by atoms with van der Waals surface area (Å²) >= 11 is 5.10. The molecule has 0 bridgehead atoms. The van der Waals surface area contributed by atoms with Crippen LogP contribution in [0, 0.1) is 10.1 Å². The van der Waals surface area contributed by atoms with Crippen molar-refractivity contribution in [2.45, 2.75) is 6.36 Å². The van der Waals surface area contributed by atoms with E-state index in [1.165, 1.54) is 36.4 Å². The number of nitro benzene ring substituents is 1. The van der Waals surface area contributed by atoms with Crippen LogP contribution in [-0.2, 0) is 0 Å². The van der Waals surface area contributed by atoms with Gasteiger partial charge in [-0.3, -0.25) is 10.1 Å². The highest BCUT2D eigenvalue weighted by molar-refractivity contribution is 7.80. The van der Waals surface area contributed by atoms with Crippen LogP contribution in [0.25, 0.3) is 0 Å². The van der Waals surface area contributed by atoms with Crippen molar-refractivity contribution in [1.29, 1.82) is 0 Å². The molecule has 0 amide bonds. The Hall–Kier alpha value is -3.08. The number of nitro groups is 1. The Morgan fingerprint density at radius 2 is 1.63 bits per heavy atom. The smallest absolute Gasteiger partial charge is 0.406 e. The highest BCUT2D eigenvalue weighted by atomic mass is 32.1. The first kappa shape index (κ1) is 20.2. The van der Waals surface area contributed by atoms with Gasteiger partial charge in [0.2, 0.25) is 0 Å². The molecule has 0 saturated heterocycles. The van der Waals surface area contributed by atoms with Gasteiger partial charge in [0.1, 0.15) is 5.75 Å². The molecule has 2 rings (SSSR count). The lowest BCUT2D eigenvalue weighted by Gasteiger charge is -2.13. The lowest BCUT2D eigenvalue weighted by Crippen LogP contribution is -2.32. The van der Waals surface area contributed by atoms with E-state index in [9.17, 15) is 23.3 Å². The van der Waals surface area contributed by atoms with Crippen LogP contribution in [0.3, 0.4) is 0 Å². The van der Waals surface area contributed by atoms with E-state index >= 15 is 0 Å². The first-order valence-electron chi connectivity index (χ1n) is 7.62. The topological polar surface area (TPSA) is 88.5 Å². The third kappa shape index (κ3) is 7.36. The lowest BCUT2D eigenvalue weighted by atomic mass is 10.3. The summed E-state index contributed by atoms with van der Waals surface area (Å²) in [6.45, 7) is 0.954. The Labute approximate surface area is 157 Å². The third-order valence-electron chi connectivity index (χ3n) is 3.16. The van der Waals surface area contributed by atoms with E-state index in [2.05, 4.69) is 20.7 Å². The minimum Gasteiger partial charge on any atom is -0.406 e. The van der Waals surface area contributed by atoms with Crippen LogP contribution >= 0.6 is 12.2 Å². The molecule has 0 unspecified atom stereocenters. The molecule has 0 atom stereocenters. The minimum atomic E-state index is -4.73. The maximum atomic E-state index is 12.1. The predicted molar refractivity (Wildman–Crippen MR) is 98.9 cm³/mol. The maximum Gasteiger partial charge on any atom is 0.573 e. The number of rotatable bonds is 7. The second-order valence-corrected chi connectivity index (χ2v) is 5.59. The van der Waals surface area contributed by atoms with Crippen molar-refractivity contribution >= 4 is 34.4 Å². The van der Waals surface area contributed by atoms with Crippen molar-refractivity contribution < 1.29 is 22.8 Å². The van der Waals surface area contributed by atoms with Crippen molar-refractivity contribution in [2.24, 2.45) is 0 Å². The summed E-state index contributed by atoms with van der Waals surface area (Å²) < 4.78 is 40.1.